The zero-order chi connectivity index (χ0) is 20.2. The van der Waals surface area contributed by atoms with Crippen LogP contribution in [0, 0.1) is 11.7 Å². The maximum Gasteiger partial charge on any atom is 0.123 e. The number of rotatable bonds is 4. The zero-order valence-corrected chi connectivity index (χ0v) is 17.1. The molecule has 1 aromatic rings. The molecular weight excluding hydrogens is 337 g/mol. The van der Waals surface area contributed by atoms with Crippen LogP contribution in [-0.2, 0) is 0 Å². The zero-order valence-electron chi connectivity index (χ0n) is 17.1. The SMILES string of the molecule is C=C(/C=C\C)NC1C(C)=CNC=C1c1ccc(F)cc1.CC1CCC1.CN. The van der Waals surface area contributed by atoms with Crippen LogP contribution in [0.25, 0.3) is 5.57 Å². The molecule has 148 valence electrons. The summed E-state index contributed by atoms with van der Waals surface area (Å²) in [7, 11) is 1.50. The average Bonchev–Trinajstić information content (AvgIpc) is 2.65. The van der Waals surface area contributed by atoms with Gasteiger partial charge in [-0.2, -0.15) is 0 Å². The molecule has 0 aromatic heterocycles. The van der Waals surface area contributed by atoms with Gasteiger partial charge in [0, 0.05) is 23.7 Å². The maximum atomic E-state index is 13.1. The molecule has 1 aliphatic carbocycles. The highest BCUT2D eigenvalue weighted by atomic mass is 19.1. The topological polar surface area (TPSA) is 50.1 Å². The summed E-state index contributed by atoms with van der Waals surface area (Å²) in [5, 5.41) is 6.51. The van der Waals surface area contributed by atoms with Crippen LogP contribution < -0.4 is 16.4 Å². The third-order valence-electron chi connectivity index (χ3n) is 4.59. The lowest BCUT2D eigenvalue weighted by molar-refractivity contribution is 0.346. The monoisotopic (exact) mass is 371 g/mol. The van der Waals surface area contributed by atoms with E-state index in [0.717, 1.165) is 28.3 Å². The van der Waals surface area contributed by atoms with E-state index in [4.69, 9.17) is 0 Å². The number of hydrogen-bond donors (Lipinski definition) is 3. The minimum Gasteiger partial charge on any atom is -0.375 e. The van der Waals surface area contributed by atoms with E-state index in [1.165, 1.54) is 38.4 Å². The molecule has 3 nitrogen and oxygen atoms in total. The van der Waals surface area contributed by atoms with E-state index < -0.39 is 0 Å². The highest BCUT2D eigenvalue weighted by molar-refractivity contribution is 5.73. The molecule has 4 heteroatoms. The fourth-order valence-electron chi connectivity index (χ4n) is 2.81. The number of dihydropyridines is 1. The summed E-state index contributed by atoms with van der Waals surface area (Å²) >= 11 is 0. The van der Waals surface area contributed by atoms with Gasteiger partial charge >= 0.3 is 0 Å². The lowest BCUT2D eigenvalue weighted by Gasteiger charge is -2.27. The summed E-state index contributed by atoms with van der Waals surface area (Å²) < 4.78 is 13.1. The summed E-state index contributed by atoms with van der Waals surface area (Å²) in [5.41, 5.74) is 8.55. The van der Waals surface area contributed by atoms with E-state index in [2.05, 4.69) is 29.9 Å². The Morgan fingerprint density at radius 3 is 2.30 bits per heavy atom. The molecule has 0 spiro atoms. The third kappa shape index (κ3) is 7.43. The maximum absolute atomic E-state index is 13.1. The van der Waals surface area contributed by atoms with Crippen molar-refractivity contribution in [1.29, 1.82) is 0 Å². The standard InChI is InChI=1S/C17H19FN2.C5H10.CH5N/c1-4-5-13(3)20-17-12(2)10-19-11-16(17)14-6-8-15(18)9-7-14;1-5-3-2-4-5;1-2/h4-11,17,19-20H,3H2,1-2H3;5H,2-4H2,1H3;2H2,1H3/b5-4-;;. The molecule has 1 heterocycles. The van der Waals surface area contributed by atoms with Crippen molar-refractivity contribution in [2.24, 2.45) is 11.7 Å². The van der Waals surface area contributed by atoms with Crippen LogP contribution in [0.3, 0.4) is 0 Å². The normalized spacial score (nSPS) is 18.5. The van der Waals surface area contributed by atoms with Crippen molar-refractivity contribution in [3.8, 4) is 0 Å². The van der Waals surface area contributed by atoms with Gasteiger partial charge in [0.1, 0.15) is 5.82 Å². The fourth-order valence-corrected chi connectivity index (χ4v) is 2.81. The van der Waals surface area contributed by atoms with Gasteiger partial charge in [-0.15, -0.1) is 0 Å². The van der Waals surface area contributed by atoms with Gasteiger partial charge < -0.3 is 16.4 Å². The van der Waals surface area contributed by atoms with Gasteiger partial charge in [-0.25, -0.2) is 4.39 Å². The minimum atomic E-state index is -0.229. The second-order valence-electron chi connectivity index (χ2n) is 6.80. The van der Waals surface area contributed by atoms with Crippen LogP contribution in [0.2, 0.25) is 0 Å². The van der Waals surface area contributed by atoms with E-state index in [-0.39, 0.29) is 11.9 Å². The van der Waals surface area contributed by atoms with Gasteiger partial charge in [0.05, 0.1) is 6.04 Å². The second-order valence-corrected chi connectivity index (χ2v) is 6.80. The Morgan fingerprint density at radius 2 is 1.81 bits per heavy atom. The molecule has 1 saturated carbocycles. The molecule has 1 unspecified atom stereocenters. The highest BCUT2D eigenvalue weighted by Gasteiger charge is 2.20. The first-order chi connectivity index (χ1) is 13.0. The van der Waals surface area contributed by atoms with E-state index in [0.29, 0.717) is 0 Å². The lowest BCUT2D eigenvalue weighted by atomic mass is 9.88. The Labute approximate surface area is 163 Å². The van der Waals surface area contributed by atoms with Gasteiger partial charge in [0.2, 0.25) is 0 Å². The summed E-state index contributed by atoms with van der Waals surface area (Å²) in [6.07, 6.45) is 12.2. The molecule has 1 aromatic carbocycles. The van der Waals surface area contributed by atoms with Gasteiger partial charge in [0.15, 0.2) is 0 Å². The second kappa shape index (κ2) is 12.1. The molecular formula is C23H34FN3. The van der Waals surface area contributed by atoms with Crippen molar-refractivity contribution in [3.63, 3.8) is 0 Å². The average molecular weight is 372 g/mol. The summed E-state index contributed by atoms with van der Waals surface area (Å²) in [6.45, 7) is 10.3. The van der Waals surface area contributed by atoms with Crippen molar-refractivity contribution >= 4 is 5.57 Å². The molecule has 2 aliphatic rings. The Hall–Kier alpha value is -2.33. The molecule has 1 atom stereocenters. The van der Waals surface area contributed by atoms with Crippen LogP contribution in [-0.4, -0.2) is 13.1 Å². The third-order valence-corrected chi connectivity index (χ3v) is 4.59. The van der Waals surface area contributed by atoms with Crippen LogP contribution >= 0.6 is 0 Å². The van der Waals surface area contributed by atoms with Gasteiger partial charge in [0.25, 0.3) is 0 Å². The quantitative estimate of drug-likeness (QED) is 0.645. The first kappa shape index (κ1) is 22.7. The van der Waals surface area contributed by atoms with E-state index in [1.807, 2.05) is 38.4 Å². The van der Waals surface area contributed by atoms with E-state index >= 15 is 0 Å². The highest BCUT2D eigenvalue weighted by Crippen LogP contribution is 2.26. The molecule has 0 bridgehead atoms. The van der Waals surface area contributed by atoms with Crippen LogP contribution in [0.15, 0.2) is 66.7 Å². The molecule has 0 radical (unpaired) electrons. The van der Waals surface area contributed by atoms with Gasteiger partial charge in [-0.3, -0.25) is 0 Å². The van der Waals surface area contributed by atoms with Crippen LogP contribution in [0.1, 0.15) is 45.6 Å². The summed E-state index contributed by atoms with van der Waals surface area (Å²) in [6, 6.07) is 6.55. The molecule has 1 fully saturated rings. The van der Waals surface area contributed by atoms with Crippen molar-refractivity contribution in [1.82, 2.24) is 10.6 Å². The number of nitrogens with one attached hydrogen (secondary N) is 2. The van der Waals surface area contributed by atoms with Crippen molar-refractivity contribution in [2.75, 3.05) is 7.05 Å². The van der Waals surface area contributed by atoms with E-state index in [1.54, 1.807) is 12.1 Å². The lowest BCUT2D eigenvalue weighted by Crippen LogP contribution is -2.33. The molecule has 4 N–H and O–H groups in total. The van der Waals surface area contributed by atoms with Crippen molar-refractivity contribution in [2.45, 2.75) is 46.1 Å². The Morgan fingerprint density at radius 1 is 1.22 bits per heavy atom. The number of benzene rings is 1. The number of hydrogen-bond acceptors (Lipinski definition) is 3. The summed E-state index contributed by atoms with van der Waals surface area (Å²) in [4.78, 5) is 0. The molecule has 3 rings (SSSR count). The Kier molecular flexibility index (Phi) is 10.2. The fraction of sp³-hybridized carbons (Fsp3) is 0.391. The first-order valence-electron chi connectivity index (χ1n) is 9.56. The van der Waals surface area contributed by atoms with Crippen molar-refractivity contribution in [3.05, 3.63) is 78.0 Å². The van der Waals surface area contributed by atoms with Crippen molar-refractivity contribution < 1.29 is 4.39 Å². The molecule has 27 heavy (non-hydrogen) atoms. The smallest absolute Gasteiger partial charge is 0.123 e. The van der Waals surface area contributed by atoms with Crippen LogP contribution in [0.4, 0.5) is 4.39 Å². The molecule has 0 amide bonds. The largest absolute Gasteiger partial charge is 0.375 e. The number of nitrogens with two attached hydrogens (primary N) is 1. The number of halogens is 1. The first-order valence-corrected chi connectivity index (χ1v) is 9.56. The van der Waals surface area contributed by atoms with Gasteiger partial charge in [-0.1, -0.05) is 51.0 Å². The Balaban J connectivity index is 0.000000441. The molecule has 0 saturated heterocycles. The van der Waals surface area contributed by atoms with Crippen LogP contribution in [0.5, 0.6) is 0 Å². The minimum absolute atomic E-state index is 0.0328. The number of allylic oxidation sites excluding steroid dienone is 2. The van der Waals surface area contributed by atoms with Gasteiger partial charge in [-0.05, 0) is 56.2 Å². The van der Waals surface area contributed by atoms with E-state index in [9.17, 15) is 4.39 Å². The predicted molar refractivity (Wildman–Crippen MR) is 115 cm³/mol. The predicted octanol–water partition coefficient (Wildman–Crippen LogP) is 5.10. The molecule has 1 aliphatic heterocycles. The summed E-state index contributed by atoms with van der Waals surface area (Å²) in [5.74, 6) is 0.836. The Bertz CT molecular complexity index is 667.